The molecule has 2 aromatic heterocycles. The lowest BCUT2D eigenvalue weighted by Gasteiger charge is -2.07. The minimum Gasteiger partial charge on any atom is -0.380 e. The molecule has 6 nitrogen and oxygen atoms in total. The van der Waals surface area contributed by atoms with Crippen LogP contribution in [0.25, 0.3) is 11.4 Å². The molecule has 0 radical (unpaired) electrons. The van der Waals surface area contributed by atoms with Crippen LogP contribution in [0.15, 0.2) is 39.4 Å². The number of hydrogen-bond acceptors (Lipinski definition) is 6. The van der Waals surface area contributed by atoms with Gasteiger partial charge in [-0.25, -0.2) is 0 Å². The Hall–Kier alpha value is -2.68. The largest absolute Gasteiger partial charge is 0.471 e. The van der Waals surface area contributed by atoms with E-state index in [9.17, 15) is 18.3 Å². The topological polar surface area (TPSA) is 85.2 Å². The van der Waals surface area contributed by atoms with Crippen molar-refractivity contribution in [1.29, 1.82) is 0 Å². The zero-order valence-electron chi connectivity index (χ0n) is 11.7. The molecular weight excluding hydrogens is 315 g/mol. The number of aliphatic hydroxyl groups is 1. The third-order valence-corrected chi connectivity index (χ3v) is 3.07. The van der Waals surface area contributed by atoms with Crippen LogP contribution in [0.4, 0.5) is 13.2 Å². The molecule has 3 aromatic rings. The lowest BCUT2D eigenvalue weighted by Crippen LogP contribution is -2.04. The number of benzene rings is 1. The summed E-state index contributed by atoms with van der Waals surface area (Å²) in [6, 6.07) is 7.61. The van der Waals surface area contributed by atoms with Crippen LogP contribution in [-0.2, 0) is 6.18 Å². The molecule has 0 aliphatic rings. The van der Waals surface area contributed by atoms with E-state index in [0.717, 1.165) is 0 Å². The molecule has 0 saturated heterocycles. The normalized spacial score (nSPS) is 13.3. The molecule has 1 aromatic carbocycles. The van der Waals surface area contributed by atoms with Gasteiger partial charge in [-0.05, 0) is 12.5 Å². The van der Waals surface area contributed by atoms with E-state index < -0.39 is 18.2 Å². The zero-order chi connectivity index (χ0) is 16.6. The summed E-state index contributed by atoms with van der Waals surface area (Å²) in [6.07, 6.45) is -5.72. The highest BCUT2D eigenvalue weighted by Crippen LogP contribution is 2.30. The molecule has 1 N–H and O–H groups in total. The molecule has 0 fully saturated rings. The third kappa shape index (κ3) is 3.09. The average molecular weight is 325 g/mol. The molecule has 1 atom stereocenters. The monoisotopic (exact) mass is 325 g/mol. The Bertz CT molecular complexity index is 809. The second-order valence-corrected chi connectivity index (χ2v) is 4.82. The van der Waals surface area contributed by atoms with E-state index in [1.165, 1.54) is 24.3 Å². The van der Waals surface area contributed by atoms with E-state index in [-0.39, 0.29) is 11.6 Å². The highest BCUT2D eigenvalue weighted by molar-refractivity contribution is 5.55. The van der Waals surface area contributed by atoms with Crippen LogP contribution in [-0.4, -0.2) is 20.4 Å². The molecule has 0 spiro atoms. The van der Waals surface area contributed by atoms with Gasteiger partial charge in [0.15, 0.2) is 5.76 Å². The Kier molecular flexibility index (Phi) is 3.64. The third-order valence-electron chi connectivity index (χ3n) is 3.07. The number of aryl methyl sites for hydroxylation is 1. The van der Waals surface area contributed by atoms with Crippen LogP contribution < -0.4 is 0 Å². The van der Waals surface area contributed by atoms with Crippen molar-refractivity contribution in [3.05, 3.63) is 53.2 Å². The molecule has 120 valence electrons. The number of alkyl halides is 3. The lowest BCUT2D eigenvalue weighted by atomic mass is 10.0. The van der Waals surface area contributed by atoms with E-state index >= 15 is 0 Å². The van der Waals surface area contributed by atoms with Gasteiger partial charge in [0.05, 0.1) is 5.69 Å². The van der Waals surface area contributed by atoms with Crippen LogP contribution in [0.1, 0.15) is 29.0 Å². The molecule has 9 heteroatoms. The van der Waals surface area contributed by atoms with Crippen LogP contribution in [0.2, 0.25) is 0 Å². The van der Waals surface area contributed by atoms with Gasteiger partial charge in [-0.2, -0.15) is 18.2 Å². The number of nitrogens with zero attached hydrogens (tertiary/aromatic N) is 3. The van der Waals surface area contributed by atoms with E-state index in [1.807, 2.05) is 0 Å². The first-order chi connectivity index (χ1) is 10.8. The summed E-state index contributed by atoms with van der Waals surface area (Å²) < 4.78 is 46.4. The van der Waals surface area contributed by atoms with Crippen molar-refractivity contribution in [2.45, 2.75) is 19.2 Å². The van der Waals surface area contributed by atoms with Crippen molar-refractivity contribution in [3.8, 4) is 11.4 Å². The predicted molar refractivity (Wildman–Crippen MR) is 70.0 cm³/mol. The van der Waals surface area contributed by atoms with Gasteiger partial charge in [0.2, 0.25) is 5.82 Å². The summed E-state index contributed by atoms with van der Waals surface area (Å²) in [4.78, 5) is 3.29. The summed E-state index contributed by atoms with van der Waals surface area (Å²) in [5.74, 6) is -1.32. The lowest BCUT2D eigenvalue weighted by molar-refractivity contribution is -0.159. The molecule has 0 aliphatic carbocycles. The van der Waals surface area contributed by atoms with E-state index in [4.69, 9.17) is 4.52 Å². The summed E-state index contributed by atoms with van der Waals surface area (Å²) in [5, 5.41) is 17.1. The Morgan fingerprint density at radius 2 is 1.78 bits per heavy atom. The first-order valence-electron chi connectivity index (χ1n) is 6.47. The van der Waals surface area contributed by atoms with Crippen molar-refractivity contribution in [3.63, 3.8) is 0 Å². The number of aromatic nitrogens is 3. The van der Waals surface area contributed by atoms with Crippen molar-refractivity contribution in [2.75, 3.05) is 0 Å². The van der Waals surface area contributed by atoms with Crippen molar-refractivity contribution in [2.24, 2.45) is 0 Å². The smallest absolute Gasteiger partial charge is 0.380 e. The average Bonchev–Trinajstić information content (AvgIpc) is 3.15. The number of rotatable bonds is 3. The van der Waals surface area contributed by atoms with Crippen LogP contribution >= 0.6 is 0 Å². The van der Waals surface area contributed by atoms with Crippen LogP contribution in [0.3, 0.4) is 0 Å². The zero-order valence-corrected chi connectivity index (χ0v) is 11.7. The van der Waals surface area contributed by atoms with Gasteiger partial charge in [0.1, 0.15) is 6.10 Å². The number of hydrogen-bond donors (Lipinski definition) is 1. The van der Waals surface area contributed by atoms with E-state index in [2.05, 4.69) is 19.8 Å². The summed E-state index contributed by atoms with van der Waals surface area (Å²) in [5.41, 5.74) is 1.44. The number of halogens is 3. The predicted octanol–water partition coefficient (Wildman–Crippen LogP) is 3.13. The van der Waals surface area contributed by atoms with Crippen LogP contribution in [0, 0.1) is 6.92 Å². The molecule has 2 heterocycles. The summed E-state index contributed by atoms with van der Waals surface area (Å²) >= 11 is 0. The minimum atomic E-state index is -4.69. The molecule has 3 rings (SSSR count). The van der Waals surface area contributed by atoms with E-state index in [1.54, 1.807) is 13.0 Å². The van der Waals surface area contributed by atoms with Gasteiger partial charge in [-0.3, -0.25) is 0 Å². The molecule has 1 unspecified atom stereocenters. The summed E-state index contributed by atoms with van der Waals surface area (Å²) in [6.45, 7) is 1.72. The fraction of sp³-hybridized carbons (Fsp3) is 0.214. The Morgan fingerprint density at radius 1 is 1.09 bits per heavy atom. The first-order valence-corrected chi connectivity index (χ1v) is 6.47. The minimum absolute atomic E-state index is 0.186. The van der Waals surface area contributed by atoms with Gasteiger partial charge in [0, 0.05) is 11.6 Å². The maximum Gasteiger partial charge on any atom is 0.471 e. The highest BCUT2D eigenvalue weighted by Gasteiger charge is 2.38. The number of aliphatic hydroxyl groups excluding tert-OH is 1. The fourth-order valence-electron chi connectivity index (χ4n) is 1.95. The maximum absolute atomic E-state index is 12.4. The first kappa shape index (κ1) is 15.2. The van der Waals surface area contributed by atoms with Gasteiger partial charge in [-0.15, -0.1) is 0 Å². The molecule has 0 bridgehead atoms. The molecule has 0 saturated carbocycles. The van der Waals surface area contributed by atoms with Crippen LogP contribution in [0.5, 0.6) is 0 Å². The Balaban J connectivity index is 1.83. The van der Waals surface area contributed by atoms with Gasteiger partial charge < -0.3 is 14.2 Å². The van der Waals surface area contributed by atoms with Gasteiger partial charge in [-0.1, -0.05) is 34.6 Å². The molecule has 23 heavy (non-hydrogen) atoms. The standard InChI is InChI=1S/C14H10F3N3O3/c1-7-6-10(22-19-7)11(21)8-2-4-9(5-3-8)12-18-13(23-20-12)14(15,16)17/h2-6,11,21H,1H3. The van der Waals surface area contributed by atoms with Crippen molar-refractivity contribution < 1.29 is 27.3 Å². The van der Waals surface area contributed by atoms with Gasteiger partial charge >= 0.3 is 12.1 Å². The maximum atomic E-state index is 12.4. The SMILES string of the molecule is Cc1cc(C(O)c2ccc(-c3noc(C(F)(F)F)n3)cc2)on1. The quantitative estimate of drug-likeness (QED) is 0.796. The van der Waals surface area contributed by atoms with Gasteiger partial charge in [0.25, 0.3) is 0 Å². The summed E-state index contributed by atoms with van der Waals surface area (Å²) in [7, 11) is 0. The second kappa shape index (κ2) is 5.51. The molecule has 0 aliphatic heterocycles. The molecular formula is C14H10F3N3O3. The van der Waals surface area contributed by atoms with Crippen molar-refractivity contribution in [1.82, 2.24) is 15.3 Å². The Morgan fingerprint density at radius 3 is 2.30 bits per heavy atom. The highest BCUT2D eigenvalue weighted by atomic mass is 19.4. The Labute approximate surface area is 127 Å². The molecule has 0 amide bonds. The second-order valence-electron chi connectivity index (χ2n) is 4.82. The fourth-order valence-corrected chi connectivity index (χ4v) is 1.95. The van der Waals surface area contributed by atoms with E-state index in [0.29, 0.717) is 16.8 Å². The van der Waals surface area contributed by atoms with Crippen molar-refractivity contribution >= 4 is 0 Å².